The Hall–Kier alpha value is -2.50. The third-order valence-corrected chi connectivity index (χ3v) is 3.40. The number of hydrogen-bond donors (Lipinski definition) is 0. The molecule has 2 rings (SSSR count). The van der Waals surface area contributed by atoms with E-state index in [0.29, 0.717) is 5.56 Å². The molecule has 0 N–H and O–H groups in total. The predicted molar refractivity (Wildman–Crippen MR) is 81.0 cm³/mol. The van der Waals surface area contributed by atoms with E-state index >= 15 is 0 Å². The van der Waals surface area contributed by atoms with Gasteiger partial charge in [0, 0.05) is 18.3 Å². The van der Waals surface area contributed by atoms with Gasteiger partial charge in [-0.1, -0.05) is 6.07 Å². The molecule has 0 aromatic heterocycles. The van der Waals surface area contributed by atoms with Crippen LogP contribution in [0.25, 0.3) is 0 Å². The quantitative estimate of drug-likeness (QED) is 0.839. The van der Waals surface area contributed by atoms with Gasteiger partial charge in [0.25, 0.3) is 0 Å². The highest BCUT2D eigenvalue weighted by molar-refractivity contribution is 5.94. The third-order valence-electron chi connectivity index (χ3n) is 3.40. The number of likely N-dealkylation sites (N-methyl/N-ethyl adjacent to an activating group) is 1. The molecular weight excluding hydrogens is 307 g/mol. The average molecular weight is 323 g/mol. The van der Waals surface area contributed by atoms with E-state index in [2.05, 4.69) is 0 Å². The second-order valence-corrected chi connectivity index (χ2v) is 4.88. The van der Waals surface area contributed by atoms with Gasteiger partial charge in [-0.3, -0.25) is 4.79 Å². The fourth-order valence-corrected chi connectivity index (χ4v) is 2.25. The van der Waals surface area contributed by atoms with Gasteiger partial charge in [-0.05, 0) is 36.8 Å². The summed E-state index contributed by atoms with van der Waals surface area (Å²) in [6, 6.07) is 7.49. The van der Waals surface area contributed by atoms with Crippen molar-refractivity contribution in [2.45, 2.75) is 13.3 Å². The number of amides is 1. The fourth-order valence-electron chi connectivity index (χ4n) is 2.25. The van der Waals surface area contributed by atoms with Gasteiger partial charge < -0.3 is 9.64 Å². The van der Waals surface area contributed by atoms with E-state index in [9.17, 15) is 18.0 Å². The highest BCUT2D eigenvalue weighted by Gasteiger charge is 2.17. The van der Waals surface area contributed by atoms with Crippen molar-refractivity contribution in [3.8, 4) is 5.75 Å². The van der Waals surface area contributed by atoms with Crippen LogP contribution >= 0.6 is 0 Å². The number of rotatable bonds is 5. The molecule has 0 fully saturated rings. The molecule has 122 valence electrons. The Kier molecular flexibility index (Phi) is 5.26. The SMILES string of the molecule is CCN(C(=O)Cc1ccc(OC)c(F)c1)c1ccc(F)c(F)c1. The average Bonchev–Trinajstić information content (AvgIpc) is 2.51. The molecule has 0 saturated carbocycles. The van der Waals surface area contributed by atoms with E-state index in [1.54, 1.807) is 13.0 Å². The lowest BCUT2D eigenvalue weighted by Crippen LogP contribution is -2.32. The van der Waals surface area contributed by atoms with Crippen molar-refractivity contribution in [1.29, 1.82) is 0 Å². The Balaban J connectivity index is 2.20. The van der Waals surface area contributed by atoms with Crippen molar-refractivity contribution in [2.75, 3.05) is 18.6 Å². The second-order valence-electron chi connectivity index (χ2n) is 4.88. The smallest absolute Gasteiger partial charge is 0.231 e. The first-order valence-electron chi connectivity index (χ1n) is 7.04. The molecule has 0 spiro atoms. The number of ether oxygens (including phenoxy) is 1. The summed E-state index contributed by atoms with van der Waals surface area (Å²) >= 11 is 0. The van der Waals surface area contributed by atoms with Crippen molar-refractivity contribution in [3.05, 3.63) is 59.4 Å². The second kappa shape index (κ2) is 7.17. The third kappa shape index (κ3) is 3.83. The van der Waals surface area contributed by atoms with Crippen LogP contribution in [0.3, 0.4) is 0 Å². The van der Waals surface area contributed by atoms with Gasteiger partial charge >= 0.3 is 0 Å². The summed E-state index contributed by atoms with van der Waals surface area (Å²) in [6.45, 7) is 2.00. The molecule has 0 radical (unpaired) electrons. The van der Waals surface area contributed by atoms with Crippen molar-refractivity contribution in [2.24, 2.45) is 0 Å². The monoisotopic (exact) mass is 323 g/mol. The molecular formula is C17H16F3NO2. The zero-order valence-electron chi connectivity index (χ0n) is 12.8. The number of carbonyl (C=O) groups is 1. The molecule has 1 amide bonds. The molecule has 2 aromatic carbocycles. The minimum Gasteiger partial charge on any atom is -0.494 e. The van der Waals surface area contributed by atoms with E-state index < -0.39 is 17.5 Å². The van der Waals surface area contributed by atoms with Gasteiger partial charge in [-0.2, -0.15) is 0 Å². The molecule has 0 aliphatic carbocycles. The van der Waals surface area contributed by atoms with Gasteiger partial charge in [0.2, 0.25) is 5.91 Å². The van der Waals surface area contributed by atoms with Crippen LogP contribution in [0.1, 0.15) is 12.5 Å². The fraction of sp³-hybridized carbons (Fsp3) is 0.235. The zero-order valence-corrected chi connectivity index (χ0v) is 12.8. The van der Waals surface area contributed by atoms with E-state index in [-0.39, 0.29) is 30.3 Å². The van der Waals surface area contributed by atoms with Gasteiger partial charge in [0.05, 0.1) is 13.5 Å². The molecule has 2 aromatic rings. The topological polar surface area (TPSA) is 29.5 Å². The minimum atomic E-state index is -1.02. The summed E-state index contributed by atoms with van der Waals surface area (Å²) in [5.74, 6) is -2.82. The molecule has 0 saturated heterocycles. The lowest BCUT2D eigenvalue weighted by atomic mass is 10.1. The Labute approximate surface area is 132 Å². The van der Waals surface area contributed by atoms with Crippen molar-refractivity contribution in [1.82, 2.24) is 0 Å². The summed E-state index contributed by atoms with van der Waals surface area (Å²) in [5.41, 5.74) is 0.722. The van der Waals surface area contributed by atoms with Crippen molar-refractivity contribution < 1.29 is 22.7 Å². The number of carbonyl (C=O) groups excluding carboxylic acids is 1. The number of anilines is 1. The van der Waals surface area contributed by atoms with Crippen LogP contribution in [-0.4, -0.2) is 19.6 Å². The molecule has 0 atom stereocenters. The molecule has 23 heavy (non-hydrogen) atoms. The van der Waals surface area contributed by atoms with Crippen LogP contribution in [-0.2, 0) is 11.2 Å². The Bertz CT molecular complexity index is 719. The molecule has 6 heteroatoms. The lowest BCUT2D eigenvalue weighted by molar-refractivity contribution is -0.117. The molecule has 0 aliphatic rings. The molecule has 0 heterocycles. The standard InChI is InChI=1S/C17H16F3NO2/c1-3-21(12-5-6-13(18)14(19)10-12)17(22)9-11-4-7-16(23-2)15(20)8-11/h4-8,10H,3,9H2,1-2H3. The summed E-state index contributed by atoms with van der Waals surface area (Å²) < 4.78 is 44.8. The van der Waals surface area contributed by atoms with Crippen LogP contribution in [0, 0.1) is 17.5 Å². The maximum absolute atomic E-state index is 13.7. The van der Waals surface area contributed by atoms with Gasteiger partial charge in [-0.25, -0.2) is 13.2 Å². The molecule has 3 nitrogen and oxygen atoms in total. The first-order chi connectivity index (χ1) is 11.0. The Morgan fingerprint density at radius 2 is 1.78 bits per heavy atom. The van der Waals surface area contributed by atoms with E-state index in [1.165, 1.54) is 30.2 Å². The summed E-state index contributed by atoms with van der Waals surface area (Å²) in [5, 5.41) is 0. The van der Waals surface area contributed by atoms with Gasteiger partial charge in [0.1, 0.15) is 0 Å². The maximum Gasteiger partial charge on any atom is 0.231 e. The Morgan fingerprint density at radius 3 is 2.35 bits per heavy atom. The number of hydrogen-bond acceptors (Lipinski definition) is 2. The Morgan fingerprint density at radius 1 is 1.04 bits per heavy atom. The molecule has 0 bridgehead atoms. The van der Waals surface area contributed by atoms with E-state index in [4.69, 9.17) is 4.74 Å². The van der Waals surface area contributed by atoms with Crippen LogP contribution in [0.2, 0.25) is 0 Å². The summed E-state index contributed by atoms with van der Waals surface area (Å²) in [4.78, 5) is 13.7. The van der Waals surface area contributed by atoms with Crippen molar-refractivity contribution in [3.63, 3.8) is 0 Å². The number of halogens is 3. The first kappa shape index (κ1) is 16.9. The van der Waals surface area contributed by atoms with E-state index in [1.807, 2.05) is 0 Å². The lowest BCUT2D eigenvalue weighted by Gasteiger charge is -2.21. The van der Waals surface area contributed by atoms with Crippen LogP contribution in [0.4, 0.5) is 18.9 Å². The summed E-state index contributed by atoms with van der Waals surface area (Å²) in [6.07, 6.45) is -0.0618. The number of methoxy groups -OCH3 is 1. The number of nitrogens with zero attached hydrogens (tertiary/aromatic N) is 1. The van der Waals surface area contributed by atoms with Crippen LogP contribution in [0.5, 0.6) is 5.75 Å². The zero-order chi connectivity index (χ0) is 17.0. The van der Waals surface area contributed by atoms with Crippen LogP contribution < -0.4 is 9.64 Å². The maximum atomic E-state index is 13.7. The highest BCUT2D eigenvalue weighted by Crippen LogP contribution is 2.21. The molecule has 0 aliphatic heterocycles. The van der Waals surface area contributed by atoms with Crippen LogP contribution in [0.15, 0.2) is 36.4 Å². The van der Waals surface area contributed by atoms with Gasteiger partial charge in [0.15, 0.2) is 23.2 Å². The summed E-state index contributed by atoms with van der Waals surface area (Å²) in [7, 11) is 1.35. The highest BCUT2D eigenvalue weighted by atomic mass is 19.2. The normalized spacial score (nSPS) is 10.5. The minimum absolute atomic E-state index is 0.0618. The first-order valence-corrected chi connectivity index (χ1v) is 7.04. The van der Waals surface area contributed by atoms with Crippen molar-refractivity contribution >= 4 is 11.6 Å². The predicted octanol–water partition coefficient (Wildman–Crippen LogP) is 3.71. The van der Waals surface area contributed by atoms with E-state index in [0.717, 1.165) is 12.1 Å². The largest absolute Gasteiger partial charge is 0.494 e. The van der Waals surface area contributed by atoms with Gasteiger partial charge in [-0.15, -0.1) is 0 Å². The molecule has 0 unspecified atom stereocenters. The number of benzene rings is 2.